The van der Waals surface area contributed by atoms with Gasteiger partial charge in [-0.1, -0.05) is 17.4 Å². The van der Waals surface area contributed by atoms with Crippen LogP contribution in [0.5, 0.6) is 0 Å². The molecule has 0 bridgehead atoms. The number of anilines is 1. The van der Waals surface area contributed by atoms with Crippen molar-refractivity contribution < 1.29 is 5.21 Å². The molecule has 0 spiro atoms. The van der Waals surface area contributed by atoms with E-state index in [1.54, 1.807) is 5.38 Å². The molecular formula is C5H4N3OS2. The third-order valence-corrected chi connectivity index (χ3v) is 1.83. The van der Waals surface area contributed by atoms with Gasteiger partial charge in [0.1, 0.15) is 11.4 Å². The fourth-order valence-electron chi connectivity index (χ4n) is 0.520. The molecule has 4 nitrogen and oxygen atoms in total. The van der Waals surface area contributed by atoms with E-state index in [1.165, 1.54) is 11.3 Å². The monoisotopic (exact) mass is 186 g/mol. The van der Waals surface area contributed by atoms with Crippen LogP contribution < -0.4 is 5.73 Å². The van der Waals surface area contributed by atoms with Gasteiger partial charge in [-0.2, -0.15) is 0 Å². The zero-order chi connectivity index (χ0) is 8.27. The molecule has 0 aliphatic heterocycles. The molecule has 0 aliphatic rings. The van der Waals surface area contributed by atoms with Gasteiger partial charge < -0.3 is 10.9 Å². The fraction of sp³-hybridized carbons (Fsp3) is 0. The van der Waals surface area contributed by atoms with Crippen LogP contribution >= 0.6 is 23.6 Å². The summed E-state index contributed by atoms with van der Waals surface area (Å²) in [5, 5.41) is 15.6. The zero-order valence-corrected chi connectivity index (χ0v) is 6.95. The first kappa shape index (κ1) is 8.09. The first-order valence-corrected chi connectivity index (χ1v) is 3.88. The molecule has 1 rings (SSSR count). The van der Waals surface area contributed by atoms with E-state index in [-0.39, 0.29) is 5.71 Å². The summed E-state index contributed by atoms with van der Waals surface area (Å²) in [6.07, 6.45) is 0. The highest BCUT2D eigenvalue weighted by Gasteiger charge is 2.04. The van der Waals surface area contributed by atoms with Crippen LogP contribution in [0.1, 0.15) is 5.69 Å². The van der Waals surface area contributed by atoms with Crippen LogP contribution in [0.15, 0.2) is 10.5 Å². The van der Waals surface area contributed by atoms with Gasteiger partial charge in [-0.25, -0.2) is 4.98 Å². The molecule has 1 radical (unpaired) electrons. The molecule has 0 saturated carbocycles. The van der Waals surface area contributed by atoms with Crippen LogP contribution in [0.25, 0.3) is 0 Å². The van der Waals surface area contributed by atoms with Crippen molar-refractivity contribution >= 4 is 39.8 Å². The molecule has 0 fully saturated rings. The molecule has 1 aromatic rings. The summed E-state index contributed by atoms with van der Waals surface area (Å²) in [7, 11) is 0. The standard InChI is InChI=1S/C5H4N3OS2/c6-5-7-4(2-11-5)3(1-10)8-9/h2,9H,(H2,6,7)/b8-3+. The van der Waals surface area contributed by atoms with Crippen molar-refractivity contribution in [1.82, 2.24) is 4.98 Å². The Labute approximate surface area is 72.4 Å². The van der Waals surface area contributed by atoms with Crippen LogP contribution in [0.3, 0.4) is 0 Å². The van der Waals surface area contributed by atoms with Crippen LogP contribution in [-0.2, 0) is 0 Å². The Bertz CT molecular complexity index is 294. The average molecular weight is 186 g/mol. The quantitative estimate of drug-likeness (QED) is 0.310. The average Bonchev–Trinajstić information content (AvgIpc) is 2.39. The number of hydrogen-bond acceptors (Lipinski definition) is 6. The molecule has 3 N–H and O–H groups in total. The predicted octanol–water partition coefficient (Wildman–Crippen LogP) is 0.780. The van der Waals surface area contributed by atoms with Crippen molar-refractivity contribution in [3.63, 3.8) is 0 Å². The number of nitrogens with zero attached hydrogens (tertiary/aromatic N) is 2. The molecule has 0 atom stereocenters. The highest BCUT2D eigenvalue weighted by Crippen LogP contribution is 2.11. The van der Waals surface area contributed by atoms with Crippen LogP contribution in [0.2, 0.25) is 0 Å². The van der Waals surface area contributed by atoms with E-state index < -0.39 is 0 Å². The number of hydrogen-bond donors (Lipinski definition) is 2. The minimum Gasteiger partial charge on any atom is -0.410 e. The maximum atomic E-state index is 8.37. The Morgan fingerprint density at radius 3 is 3.00 bits per heavy atom. The van der Waals surface area contributed by atoms with E-state index in [0.717, 1.165) is 0 Å². The number of rotatable bonds is 2. The van der Waals surface area contributed by atoms with Gasteiger partial charge in [0.05, 0.1) is 5.37 Å². The maximum Gasteiger partial charge on any atom is 0.180 e. The summed E-state index contributed by atoms with van der Waals surface area (Å²) in [4.78, 5) is 3.83. The third-order valence-electron chi connectivity index (χ3n) is 0.961. The molecule has 0 aromatic carbocycles. The van der Waals surface area contributed by atoms with Crippen molar-refractivity contribution in [2.45, 2.75) is 0 Å². The van der Waals surface area contributed by atoms with E-state index in [1.807, 2.05) is 0 Å². The van der Waals surface area contributed by atoms with Gasteiger partial charge in [-0.3, -0.25) is 0 Å². The normalized spacial score (nSPS) is 11.5. The first-order chi connectivity index (χ1) is 5.27. The molecule has 0 aliphatic carbocycles. The van der Waals surface area contributed by atoms with Gasteiger partial charge in [0.2, 0.25) is 0 Å². The second kappa shape index (κ2) is 3.40. The van der Waals surface area contributed by atoms with Crippen LogP contribution in [-0.4, -0.2) is 21.3 Å². The molecule has 11 heavy (non-hydrogen) atoms. The molecular weight excluding hydrogens is 182 g/mol. The smallest absolute Gasteiger partial charge is 0.180 e. The number of nitrogen functional groups attached to an aromatic ring is 1. The van der Waals surface area contributed by atoms with Gasteiger partial charge in [0, 0.05) is 5.38 Å². The molecule has 0 saturated heterocycles. The number of thiazole rings is 1. The number of oxime groups is 1. The lowest BCUT2D eigenvalue weighted by molar-refractivity contribution is 0.320. The first-order valence-electron chi connectivity index (χ1n) is 2.59. The predicted molar refractivity (Wildman–Crippen MR) is 47.4 cm³/mol. The summed E-state index contributed by atoms with van der Waals surface area (Å²) in [6, 6.07) is 0. The summed E-state index contributed by atoms with van der Waals surface area (Å²) >= 11 is 5.70. The number of aromatic nitrogens is 1. The Morgan fingerprint density at radius 2 is 2.64 bits per heavy atom. The summed E-state index contributed by atoms with van der Waals surface area (Å²) in [6.45, 7) is 0. The molecule has 1 aromatic heterocycles. The lowest BCUT2D eigenvalue weighted by atomic mass is 10.3. The van der Waals surface area contributed by atoms with E-state index in [9.17, 15) is 0 Å². The van der Waals surface area contributed by atoms with Gasteiger partial charge in [0.25, 0.3) is 0 Å². The van der Waals surface area contributed by atoms with E-state index in [4.69, 9.17) is 10.9 Å². The molecule has 0 amide bonds. The lowest BCUT2D eigenvalue weighted by Crippen LogP contribution is -2.01. The largest absolute Gasteiger partial charge is 0.410 e. The Balaban J connectivity index is 3.00. The molecule has 6 heteroatoms. The van der Waals surface area contributed by atoms with Crippen molar-refractivity contribution in [2.75, 3.05) is 5.73 Å². The highest BCUT2D eigenvalue weighted by atomic mass is 32.1. The van der Waals surface area contributed by atoms with Crippen molar-refractivity contribution in [1.29, 1.82) is 0 Å². The number of thiocarbonyl (C=S) groups is 1. The van der Waals surface area contributed by atoms with E-state index in [0.29, 0.717) is 10.8 Å². The Hall–Kier alpha value is -1.01. The second-order valence-electron chi connectivity index (χ2n) is 1.62. The van der Waals surface area contributed by atoms with E-state index in [2.05, 4.69) is 27.7 Å². The summed E-state index contributed by atoms with van der Waals surface area (Å²) in [5.41, 5.74) is 5.92. The van der Waals surface area contributed by atoms with Crippen molar-refractivity contribution in [3.05, 3.63) is 11.1 Å². The van der Waals surface area contributed by atoms with Crippen LogP contribution in [0.4, 0.5) is 5.13 Å². The van der Waals surface area contributed by atoms with Gasteiger partial charge in [-0.05, 0) is 0 Å². The minimum atomic E-state index is 0.132. The second-order valence-corrected chi connectivity index (χ2v) is 2.72. The zero-order valence-electron chi connectivity index (χ0n) is 5.31. The lowest BCUT2D eigenvalue weighted by Gasteiger charge is -1.86. The van der Waals surface area contributed by atoms with Crippen LogP contribution in [0, 0.1) is 0 Å². The van der Waals surface area contributed by atoms with Crippen molar-refractivity contribution in [2.24, 2.45) is 5.16 Å². The fourth-order valence-corrected chi connectivity index (χ4v) is 1.21. The molecule has 0 unspecified atom stereocenters. The Kier molecular flexibility index (Phi) is 2.50. The van der Waals surface area contributed by atoms with Gasteiger partial charge in [0.15, 0.2) is 5.13 Å². The summed E-state index contributed by atoms with van der Waals surface area (Å²) in [5.74, 6) is 0. The minimum absolute atomic E-state index is 0.132. The third kappa shape index (κ3) is 1.72. The summed E-state index contributed by atoms with van der Waals surface area (Å²) < 4.78 is 0. The van der Waals surface area contributed by atoms with E-state index >= 15 is 0 Å². The number of nitrogens with two attached hydrogens (primary N) is 1. The SMILES string of the molecule is Nc1nc(/C([C]=S)=N/O)cs1. The van der Waals surface area contributed by atoms with Gasteiger partial charge >= 0.3 is 0 Å². The maximum absolute atomic E-state index is 8.37. The molecule has 1 heterocycles. The molecule has 57 valence electrons. The van der Waals surface area contributed by atoms with Crippen molar-refractivity contribution in [3.8, 4) is 0 Å². The Morgan fingerprint density at radius 1 is 1.91 bits per heavy atom. The topological polar surface area (TPSA) is 71.5 Å². The highest BCUT2D eigenvalue weighted by molar-refractivity contribution is 7.80. The van der Waals surface area contributed by atoms with Gasteiger partial charge in [-0.15, -0.1) is 11.3 Å².